The molecule has 0 fully saturated rings. The van der Waals surface area contributed by atoms with E-state index in [1.165, 1.54) is 6.20 Å². The van der Waals surface area contributed by atoms with E-state index in [0.29, 0.717) is 11.3 Å². The van der Waals surface area contributed by atoms with Gasteiger partial charge in [0, 0.05) is 11.8 Å². The number of nitrogens with zero attached hydrogens (tertiary/aromatic N) is 2. The Balaban J connectivity index is 0.00000200. The molecule has 0 aliphatic rings. The molecule has 5 N–H and O–H groups in total. The quantitative estimate of drug-likeness (QED) is 0.893. The number of aromatic nitrogens is 2. The van der Waals surface area contributed by atoms with Gasteiger partial charge in [-0.1, -0.05) is 18.2 Å². The summed E-state index contributed by atoms with van der Waals surface area (Å²) in [5, 5.41) is -0.493. The van der Waals surface area contributed by atoms with E-state index in [2.05, 4.69) is 9.97 Å². The summed E-state index contributed by atoms with van der Waals surface area (Å²) in [6.07, 6.45) is 1.51. The van der Waals surface area contributed by atoms with Crippen molar-refractivity contribution in [2.75, 3.05) is 5.73 Å². The summed E-state index contributed by atoms with van der Waals surface area (Å²) in [4.78, 5) is 8.16. The van der Waals surface area contributed by atoms with Crippen LogP contribution in [0.25, 0.3) is 11.3 Å². The van der Waals surface area contributed by atoms with E-state index in [1.807, 2.05) is 0 Å². The second-order valence-corrected chi connectivity index (χ2v) is 6.86. The number of anilines is 1. The SMILES string of the molecule is CC(C)S(=O)(=O)c1ccccc1-c1ccnc(N)n1.N. The van der Waals surface area contributed by atoms with Crippen molar-refractivity contribution in [3.05, 3.63) is 36.5 Å². The van der Waals surface area contributed by atoms with Crippen molar-refractivity contribution in [2.45, 2.75) is 24.0 Å². The van der Waals surface area contributed by atoms with Crippen LogP contribution in [0.5, 0.6) is 0 Å². The maximum absolute atomic E-state index is 12.3. The average molecular weight is 294 g/mol. The lowest BCUT2D eigenvalue weighted by molar-refractivity contribution is 0.587. The van der Waals surface area contributed by atoms with Gasteiger partial charge in [-0.3, -0.25) is 0 Å². The molecule has 108 valence electrons. The Kier molecular flexibility index (Phi) is 4.80. The summed E-state index contributed by atoms with van der Waals surface area (Å²) in [7, 11) is -3.37. The Morgan fingerprint density at radius 3 is 2.40 bits per heavy atom. The molecule has 1 aromatic carbocycles. The van der Waals surface area contributed by atoms with Gasteiger partial charge in [-0.15, -0.1) is 0 Å². The van der Waals surface area contributed by atoms with E-state index in [9.17, 15) is 8.42 Å². The Morgan fingerprint density at radius 2 is 1.80 bits per heavy atom. The van der Waals surface area contributed by atoms with Crippen LogP contribution in [0.1, 0.15) is 13.8 Å². The fourth-order valence-corrected chi connectivity index (χ4v) is 2.96. The average Bonchev–Trinajstić information content (AvgIpc) is 2.38. The topological polar surface area (TPSA) is 121 Å². The van der Waals surface area contributed by atoms with Crippen molar-refractivity contribution in [3.8, 4) is 11.3 Å². The van der Waals surface area contributed by atoms with Gasteiger partial charge in [-0.2, -0.15) is 0 Å². The molecular formula is C13H18N4O2S. The molecule has 0 radical (unpaired) electrons. The molecular weight excluding hydrogens is 276 g/mol. The molecule has 7 heteroatoms. The third-order valence-corrected chi connectivity index (χ3v) is 4.97. The van der Waals surface area contributed by atoms with Crippen LogP contribution in [-0.4, -0.2) is 23.6 Å². The summed E-state index contributed by atoms with van der Waals surface area (Å²) in [5.41, 5.74) is 6.60. The van der Waals surface area contributed by atoms with Gasteiger partial charge in [-0.05, 0) is 26.0 Å². The van der Waals surface area contributed by atoms with Gasteiger partial charge >= 0.3 is 0 Å². The first kappa shape index (κ1) is 16.1. The number of nitrogen functional groups attached to an aromatic ring is 1. The molecule has 0 bridgehead atoms. The van der Waals surface area contributed by atoms with Crippen LogP contribution in [0, 0.1) is 0 Å². The van der Waals surface area contributed by atoms with Crippen molar-refractivity contribution in [3.63, 3.8) is 0 Å². The number of nitrogens with two attached hydrogens (primary N) is 1. The highest BCUT2D eigenvalue weighted by Crippen LogP contribution is 2.28. The molecule has 0 amide bonds. The highest BCUT2D eigenvalue weighted by atomic mass is 32.2. The Hall–Kier alpha value is -1.99. The van der Waals surface area contributed by atoms with Crippen molar-refractivity contribution in [1.29, 1.82) is 0 Å². The molecule has 1 heterocycles. The van der Waals surface area contributed by atoms with E-state index in [-0.39, 0.29) is 17.0 Å². The smallest absolute Gasteiger partial charge is 0.220 e. The molecule has 0 aliphatic heterocycles. The first-order valence-corrected chi connectivity index (χ1v) is 7.39. The van der Waals surface area contributed by atoms with Crippen LogP contribution < -0.4 is 11.9 Å². The van der Waals surface area contributed by atoms with Crippen molar-refractivity contribution in [1.82, 2.24) is 16.1 Å². The van der Waals surface area contributed by atoms with Gasteiger partial charge in [0.1, 0.15) is 0 Å². The Morgan fingerprint density at radius 1 is 1.15 bits per heavy atom. The first-order valence-electron chi connectivity index (χ1n) is 5.84. The lowest BCUT2D eigenvalue weighted by atomic mass is 10.1. The van der Waals surface area contributed by atoms with E-state index in [1.54, 1.807) is 44.2 Å². The van der Waals surface area contributed by atoms with E-state index >= 15 is 0 Å². The van der Waals surface area contributed by atoms with Crippen LogP contribution >= 0.6 is 0 Å². The predicted molar refractivity (Wildman–Crippen MR) is 79.2 cm³/mol. The number of benzene rings is 1. The molecule has 0 atom stereocenters. The normalized spacial score (nSPS) is 11.2. The monoisotopic (exact) mass is 294 g/mol. The van der Waals surface area contributed by atoms with Crippen molar-refractivity contribution >= 4 is 15.8 Å². The van der Waals surface area contributed by atoms with Gasteiger partial charge in [0.05, 0.1) is 15.8 Å². The summed E-state index contributed by atoms with van der Waals surface area (Å²) in [6, 6.07) is 8.42. The maximum atomic E-state index is 12.3. The second kappa shape index (κ2) is 5.98. The molecule has 2 rings (SSSR count). The Bertz CT molecular complexity index is 699. The molecule has 0 aliphatic carbocycles. The first-order chi connectivity index (χ1) is 8.93. The zero-order valence-electron chi connectivity index (χ0n) is 11.4. The van der Waals surface area contributed by atoms with Crippen molar-refractivity contribution in [2.24, 2.45) is 0 Å². The predicted octanol–water partition coefficient (Wildman–Crippen LogP) is 2.07. The molecule has 6 nitrogen and oxygen atoms in total. The van der Waals surface area contributed by atoms with Gasteiger partial charge < -0.3 is 11.9 Å². The molecule has 1 aromatic heterocycles. The lowest BCUT2D eigenvalue weighted by Crippen LogP contribution is -2.15. The number of hydrogen-bond acceptors (Lipinski definition) is 6. The van der Waals surface area contributed by atoms with E-state index in [4.69, 9.17) is 5.73 Å². The Labute approximate surface area is 118 Å². The lowest BCUT2D eigenvalue weighted by Gasteiger charge is -2.12. The van der Waals surface area contributed by atoms with Crippen LogP contribution in [0.4, 0.5) is 5.95 Å². The largest absolute Gasteiger partial charge is 0.368 e. The van der Waals surface area contributed by atoms with Crippen LogP contribution in [0.3, 0.4) is 0 Å². The van der Waals surface area contributed by atoms with Crippen LogP contribution in [0.2, 0.25) is 0 Å². The maximum Gasteiger partial charge on any atom is 0.220 e. The van der Waals surface area contributed by atoms with E-state index in [0.717, 1.165) is 0 Å². The molecule has 0 spiro atoms. The minimum atomic E-state index is -3.37. The van der Waals surface area contributed by atoms with Gasteiger partial charge in [0.25, 0.3) is 0 Å². The van der Waals surface area contributed by atoms with Gasteiger partial charge in [0.2, 0.25) is 5.95 Å². The summed E-state index contributed by atoms with van der Waals surface area (Å²) in [6.45, 7) is 3.31. The number of sulfone groups is 1. The molecule has 0 unspecified atom stereocenters. The summed E-state index contributed by atoms with van der Waals surface area (Å²) < 4.78 is 24.7. The van der Waals surface area contributed by atoms with Gasteiger partial charge in [0.15, 0.2) is 9.84 Å². The fourth-order valence-electron chi connectivity index (χ4n) is 1.70. The van der Waals surface area contributed by atoms with Crippen LogP contribution in [-0.2, 0) is 9.84 Å². The third-order valence-electron chi connectivity index (χ3n) is 2.76. The molecule has 20 heavy (non-hydrogen) atoms. The zero-order valence-corrected chi connectivity index (χ0v) is 12.3. The highest BCUT2D eigenvalue weighted by molar-refractivity contribution is 7.92. The summed E-state index contributed by atoms with van der Waals surface area (Å²) in [5.74, 6) is 0.120. The molecule has 2 aromatic rings. The summed E-state index contributed by atoms with van der Waals surface area (Å²) >= 11 is 0. The minimum Gasteiger partial charge on any atom is -0.368 e. The molecule has 0 saturated carbocycles. The van der Waals surface area contributed by atoms with Crippen LogP contribution in [0.15, 0.2) is 41.4 Å². The fraction of sp³-hybridized carbons (Fsp3) is 0.231. The molecule has 0 saturated heterocycles. The number of rotatable bonds is 3. The van der Waals surface area contributed by atoms with E-state index < -0.39 is 15.1 Å². The second-order valence-electron chi connectivity index (χ2n) is 4.39. The minimum absolute atomic E-state index is 0. The number of hydrogen-bond donors (Lipinski definition) is 2. The van der Waals surface area contributed by atoms with Crippen molar-refractivity contribution < 1.29 is 8.42 Å². The highest BCUT2D eigenvalue weighted by Gasteiger charge is 2.23. The van der Waals surface area contributed by atoms with Gasteiger partial charge in [-0.25, -0.2) is 18.4 Å². The standard InChI is InChI=1S/C13H15N3O2S.H3N/c1-9(2)19(17,18)12-6-4-3-5-10(12)11-7-8-15-13(14)16-11;/h3-9H,1-2H3,(H2,14,15,16);1H3. The zero-order chi connectivity index (χ0) is 14.0. The third kappa shape index (κ3) is 2.94.